The highest BCUT2D eigenvalue weighted by atomic mass is 16.5. The molecule has 1 fully saturated rings. The van der Waals surface area contributed by atoms with E-state index in [-0.39, 0.29) is 11.3 Å². The van der Waals surface area contributed by atoms with Crippen molar-refractivity contribution >= 4 is 17.4 Å². The zero-order valence-electron chi connectivity index (χ0n) is 19.4. The van der Waals surface area contributed by atoms with Crippen molar-refractivity contribution in [1.29, 1.82) is 0 Å². The van der Waals surface area contributed by atoms with Gasteiger partial charge in [0.2, 0.25) is 0 Å². The minimum Gasteiger partial charge on any atom is -0.507 e. The molecule has 1 saturated heterocycles. The highest BCUT2D eigenvalue weighted by molar-refractivity contribution is 6.46. The van der Waals surface area contributed by atoms with E-state index in [1.807, 2.05) is 51.0 Å². The molecule has 1 amide bonds. The van der Waals surface area contributed by atoms with E-state index in [9.17, 15) is 14.7 Å². The molecule has 7 heteroatoms. The van der Waals surface area contributed by atoms with Gasteiger partial charge in [0.05, 0.1) is 25.8 Å². The third kappa shape index (κ3) is 4.34. The van der Waals surface area contributed by atoms with Crippen LogP contribution in [0.5, 0.6) is 11.5 Å². The van der Waals surface area contributed by atoms with Crippen LogP contribution in [0, 0.1) is 13.8 Å². The number of nitrogens with zero attached hydrogens (tertiary/aromatic N) is 2. The molecule has 32 heavy (non-hydrogen) atoms. The SMILES string of the molecule is COc1ccc([C@H]2C(=C(O)c3cc(C)ccc3C)C(=O)C(=O)N2CCN(C)C)cc1OC. The summed E-state index contributed by atoms with van der Waals surface area (Å²) < 4.78 is 10.8. The predicted octanol–water partition coefficient (Wildman–Crippen LogP) is 3.30. The molecule has 0 unspecified atom stereocenters. The highest BCUT2D eigenvalue weighted by Crippen LogP contribution is 2.42. The maximum atomic E-state index is 13.2. The molecule has 1 N–H and O–H groups in total. The van der Waals surface area contributed by atoms with Crippen LogP contribution < -0.4 is 9.47 Å². The van der Waals surface area contributed by atoms with Gasteiger partial charge in [-0.15, -0.1) is 0 Å². The molecule has 1 aliphatic rings. The number of likely N-dealkylation sites (N-methyl/N-ethyl adjacent to an activating group) is 1. The van der Waals surface area contributed by atoms with Crippen molar-refractivity contribution in [1.82, 2.24) is 9.80 Å². The number of aryl methyl sites for hydroxylation is 2. The van der Waals surface area contributed by atoms with Crippen molar-refractivity contribution in [2.75, 3.05) is 41.4 Å². The predicted molar refractivity (Wildman–Crippen MR) is 123 cm³/mol. The number of hydrogen-bond donors (Lipinski definition) is 1. The first-order valence-electron chi connectivity index (χ1n) is 10.4. The number of ether oxygens (including phenoxy) is 2. The first-order valence-corrected chi connectivity index (χ1v) is 10.4. The van der Waals surface area contributed by atoms with E-state index in [4.69, 9.17) is 9.47 Å². The molecule has 0 aromatic heterocycles. The van der Waals surface area contributed by atoms with Gasteiger partial charge < -0.3 is 24.4 Å². The Labute approximate surface area is 188 Å². The largest absolute Gasteiger partial charge is 0.507 e. The lowest BCUT2D eigenvalue weighted by Gasteiger charge is -2.27. The molecule has 0 aliphatic carbocycles. The quantitative estimate of drug-likeness (QED) is 0.406. The van der Waals surface area contributed by atoms with Crippen molar-refractivity contribution in [3.05, 3.63) is 64.2 Å². The maximum Gasteiger partial charge on any atom is 0.295 e. The van der Waals surface area contributed by atoms with Crippen molar-refractivity contribution in [2.45, 2.75) is 19.9 Å². The average molecular weight is 439 g/mol. The maximum absolute atomic E-state index is 13.2. The summed E-state index contributed by atoms with van der Waals surface area (Å²) in [5.74, 6) is -0.469. The zero-order chi connectivity index (χ0) is 23.6. The van der Waals surface area contributed by atoms with Crippen molar-refractivity contribution in [3.8, 4) is 11.5 Å². The van der Waals surface area contributed by atoms with E-state index >= 15 is 0 Å². The summed E-state index contributed by atoms with van der Waals surface area (Å²) in [5.41, 5.74) is 3.04. The second kappa shape index (κ2) is 9.44. The van der Waals surface area contributed by atoms with Gasteiger partial charge in [-0.2, -0.15) is 0 Å². The molecule has 7 nitrogen and oxygen atoms in total. The zero-order valence-corrected chi connectivity index (χ0v) is 19.4. The molecule has 0 bridgehead atoms. The lowest BCUT2D eigenvalue weighted by molar-refractivity contribution is -0.140. The van der Waals surface area contributed by atoms with Crippen LogP contribution in [0.3, 0.4) is 0 Å². The molecule has 1 heterocycles. The van der Waals surface area contributed by atoms with Crippen LogP contribution in [0.4, 0.5) is 0 Å². The fourth-order valence-corrected chi connectivity index (χ4v) is 3.92. The number of rotatable bonds is 7. The second-order valence-electron chi connectivity index (χ2n) is 8.23. The third-order valence-corrected chi connectivity index (χ3v) is 5.70. The number of Topliss-reactive ketones (excluding diaryl/α,β-unsaturated/α-hetero) is 1. The Morgan fingerprint density at radius 2 is 1.72 bits per heavy atom. The van der Waals surface area contributed by atoms with E-state index < -0.39 is 17.7 Å². The number of carbonyl (C=O) groups is 2. The van der Waals surface area contributed by atoms with E-state index in [2.05, 4.69) is 0 Å². The Kier molecular flexibility index (Phi) is 6.89. The first kappa shape index (κ1) is 23.3. The Balaban J connectivity index is 2.23. The summed E-state index contributed by atoms with van der Waals surface area (Å²) in [6.45, 7) is 4.68. The Bertz CT molecular complexity index is 1070. The molecule has 0 radical (unpaired) electrons. The van der Waals surface area contributed by atoms with Crippen LogP contribution >= 0.6 is 0 Å². The fraction of sp³-hybridized carbons (Fsp3) is 0.360. The van der Waals surface area contributed by atoms with Crippen molar-refractivity contribution in [3.63, 3.8) is 0 Å². The minimum atomic E-state index is -0.741. The number of ketones is 1. The number of hydrogen-bond acceptors (Lipinski definition) is 6. The third-order valence-electron chi connectivity index (χ3n) is 5.70. The molecule has 1 aliphatic heterocycles. The van der Waals surface area contributed by atoms with Gasteiger partial charge in [-0.1, -0.05) is 23.8 Å². The molecule has 2 aromatic carbocycles. The smallest absolute Gasteiger partial charge is 0.295 e. The van der Waals surface area contributed by atoms with Crippen molar-refractivity contribution in [2.24, 2.45) is 0 Å². The summed E-state index contributed by atoms with van der Waals surface area (Å²) in [5, 5.41) is 11.3. The summed E-state index contributed by atoms with van der Waals surface area (Å²) in [7, 11) is 6.87. The van der Waals surface area contributed by atoms with Crippen LogP contribution in [-0.2, 0) is 9.59 Å². The first-order chi connectivity index (χ1) is 15.2. The Morgan fingerprint density at radius 3 is 2.34 bits per heavy atom. The standard InChI is InChI=1S/C25H30N2O5/c1-15-7-8-16(2)18(13-15)23(28)21-22(17-9-10-19(31-5)20(14-17)32-6)27(12-11-26(3)4)25(30)24(21)29/h7-10,13-14,22,28H,11-12H2,1-6H3/t22-/m0/s1. The Morgan fingerprint density at radius 1 is 1.03 bits per heavy atom. The molecule has 3 rings (SSSR count). The second-order valence-corrected chi connectivity index (χ2v) is 8.23. The Hall–Kier alpha value is -3.32. The van der Waals surface area contributed by atoms with Gasteiger partial charge in [0, 0.05) is 18.7 Å². The normalized spacial score (nSPS) is 17.8. The van der Waals surface area contributed by atoms with E-state index in [1.54, 1.807) is 25.3 Å². The van der Waals surface area contributed by atoms with Gasteiger partial charge in [-0.3, -0.25) is 9.59 Å². The number of amides is 1. The van der Waals surface area contributed by atoms with Crippen LogP contribution in [0.2, 0.25) is 0 Å². The fourth-order valence-electron chi connectivity index (χ4n) is 3.92. The van der Waals surface area contributed by atoms with Gasteiger partial charge in [0.15, 0.2) is 11.5 Å². The molecule has 2 aromatic rings. The van der Waals surface area contributed by atoms with Gasteiger partial charge >= 0.3 is 0 Å². The monoisotopic (exact) mass is 438 g/mol. The lowest BCUT2D eigenvalue weighted by atomic mass is 9.93. The van der Waals surface area contributed by atoms with Gasteiger partial charge in [0.1, 0.15) is 5.76 Å². The molecule has 0 spiro atoms. The average Bonchev–Trinajstić information content (AvgIpc) is 3.03. The van der Waals surface area contributed by atoms with Crippen molar-refractivity contribution < 1.29 is 24.2 Å². The van der Waals surface area contributed by atoms with Crippen LogP contribution in [-0.4, -0.2) is 68.0 Å². The molecule has 170 valence electrons. The number of aliphatic hydroxyl groups is 1. The van der Waals surface area contributed by atoms with Gasteiger partial charge in [0.25, 0.3) is 11.7 Å². The summed E-state index contributed by atoms with van der Waals surface area (Å²) in [6, 6.07) is 10.2. The number of aliphatic hydroxyl groups excluding tert-OH is 1. The lowest BCUT2D eigenvalue weighted by Crippen LogP contribution is -2.35. The summed E-state index contributed by atoms with van der Waals surface area (Å²) in [4.78, 5) is 29.6. The summed E-state index contributed by atoms with van der Waals surface area (Å²) in [6.07, 6.45) is 0. The summed E-state index contributed by atoms with van der Waals surface area (Å²) >= 11 is 0. The van der Waals surface area contributed by atoms with E-state index in [0.717, 1.165) is 11.1 Å². The van der Waals surface area contributed by atoms with Gasteiger partial charge in [-0.05, 0) is 57.3 Å². The van der Waals surface area contributed by atoms with Crippen LogP contribution in [0.1, 0.15) is 28.3 Å². The van der Waals surface area contributed by atoms with Gasteiger partial charge in [-0.25, -0.2) is 0 Å². The van der Waals surface area contributed by atoms with Crippen LogP contribution in [0.15, 0.2) is 42.0 Å². The number of benzene rings is 2. The highest BCUT2D eigenvalue weighted by Gasteiger charge is 2.46. The van der Waals surface area contributed by atoms with E-state index in [1.165, 1.54) is 12.0 Å². The molecule has 1 atom stereocenters. The number of carbonyl (C=O) groups excluding carboxylic acids is 2. The minimum absolute atomic E-state index is 0.0784. The molecule has 0 saturated carbocycles. The topological polar surface area (TPSA) is 79.3 Å². The number of methoxy groups -OCH3 is 2. The molecular formula is C25H30N2O5. The molecular weight excluding hydrogens is 408 g/mol. The van der Waals surface area contributed by atoms with Crippen LogP contribution in [0.25, 0.3) is 5.76 Å². The van der Waals surface area contributed by atoms with E-state index in [0.29, 0.717) is 35.7 Å². The number of likely N-dealkylation sites (tertiary alicyclic amines) is 1.